The van der Waals surface area contributed by atoms with Crippen molar-refractivity contribution in [3.63, 3.8) is 0 Å². The number of rotatable bonds is 3. The Morgan fingerprint density at radius 3 is 2.95 bits per heavy atom. The van der Waals surface area contributed by atoms with Gasteiger partial charge < -0.3 is 10.0 Å². The third kappa shape index (κ3) is 2.78. The molecule has 1 aliphatic rings. The number of nitrogens with one attached hydrogen (secondary N) is 1. The average molecular weight is 293 g/mol. The van der Waals surface area contributed by atoms with E-state index in [-0.39, 0.29) is 12.0 Å². The number of anilines is 1. The molecule has 2 aromatic rings. The SMILES string of the molecule is Cc1cc(C[C@@H]2CN(c3ccc(Cl)cn3)C[C@@H]2O)n[nH]1. The molecule has 0 amide bonds. The molecule has 0 spiro atoms. The smallest absolute Gasteiger partial charge is 0.128 e. The van der Waals surface area contributed by atoms with Gasteiger partial charge in [0.2, 0.25) is 0 Å². The van der Waals surface area contributed by atoms with E-state index in [1.54, 1.807) is 6.20 Å². The number of aliphatic hydroxyl groups excluding tert-OH is 1. The zero-order valence-electron chi connectivity index (χ0n) is 11.3. The fourth-order valence-corrected chi connectivity index (χ4v) is 2.76. The fourth-order valence-electron chi connectivity index (χ4n) is 2.64. The normalized spacial score (nSPS) is 22.4. The molecule has 106 valence electrons. The van der Waals surface area contributed by atoms with Crippen molar-refractivity contribution in [2.24, 2.45) is 5.92 Å². The van der Waals surface area contributed by atoms with E-state index < -0.39 is 0 Å². The molecule has 0 unspecified atom stereocenters. The second-order valence-corrected chi connectivity index (χ2v) is 5.75. The Labute approximate surface area is 122 Å². The summed E-state index contributed by atoms with van der Waals surface area (Å²) in [6, 6.07) is 5.73. The quantitative estimate of drug-likeness (QED) is 0.905. The maximum absolute atomic E-state index is 10.2. The third-order valence-corrected chi connectivity index (χ3v) is 3.90. The molecular weight excluding hydrogens is 276 g/mol. The summed E-state index contributed by atoms with van der Waals surface area (Å²) in [6.07, 6.45) is 2.05. The number of hydrogen-bond donors (Lipinski definition) is 2. The van der Waals surface area contributed by atoms with Gasteiger partial charge in [0.05, 0.1) is 16.8 Å². The summed E-state index contributed by atoms with van der Waals surface area (Å²) in [6.45, 7) is 3.36. The van der Waals surface area contributed by atoms with Crippen LogP contribution < -0.4 is 4.90 Å². The van der Waals surface area contributed by atoms with Crippen LogP contribution in [0.3, 0.4) is 0 Å². The molecule has 1 fully saturated rings. The fraction of sp³-hybridized carbons (Fsp3) is 0.429. The first kappa shape index (κ1) is 13.4. The van der Waals surface area contributed by atoms with Crippen molar-refractivity contribution < 1.29 is 5.11 Å². The van der Waals surface area contributed by atoms with Gasteiger partial charge in [-0.15, -0.1) is 0 Å². The van der Waals surface area contributed by atoms with Gasteiger partial charge in [0.1, 0.15) is 5.82 Å². The summed E-state index contributed by atoms with van der Waals surface area (Å²) in [5.74, 6) is 1.03. The van der Waals surface area contributed by atoms with Crippen molar-refractivity contribution in [2.45, 2.75) is 19.4 Å². The Morgan fingerprint density at radius 1 is 1.45 bits per heavy atom. The molecule has 0 radical (unpaired) electrons. The van der Waals surface area contributed by atoms with E-state index in [0.29, 0.717) is 11.6 Å². The van der Waals surface area contributed by atoms with Gasteiger partial charge in [-0.1, -0.05) is 11.6 Å². The first-order valence-electron chi connectivity index (χ1n) is 6.67. The Hall–Kier alpha value is -1.59. The monoisotopic (exact) mass is 292 g/mol. The molecule has 6 heteroatoms. The van der Waals surface area contributed by atoms with Crippen LogP contribution in [0.15, 0.2) is 24.4 Å². The molecule has 0 saturated carbocycles. The highest BCUT2D eigenvalue weighted by molar-refractivity contribution is 6.30. The van der Waals surface area contributed by atoms with Crippen LogP contribution in [-0.2, 0) is 6.42 Å². The first-order chi connectivity index (χ1) is 9.61. The molecule has 2 aromatic heterocycles. The number of aryl methyl sites for hydroxylation is 1. The minimum Gasteiger partial charge on any atom is -0.391 e. The molecule has 1 aliphatic heterocycles. The van der Waals surface area contributed by atoms with E-state index in [0.717, 1.165) is 30.2 Å². The molecule has 5 nitrogen and oxygen atoms in total. The highest BCUT2D eigenvalue weighted by Crippen LogP contribution is 2.25. The van der Waals surface area contributed by atoms with Crippen LogP contribution in [0.2, 0.25) is 5.02 Å². The third-order valence-electron chi connectivity index (χ3n) is 3.67. The van der Waals surface area contributed by atoms with Gasteiger partial charge in [0.25, 0.3) is 0 Å². The Kier molecular flexibility index (Phi) is 3.63. The van der Waals surface area contributed by atoms with Crippen LogP contribution in [0.25, 0.3) is 0 Å². The number of H-pyrrole nitrogens is 1. The summed E-state index contributed by atoms with van der Waals surface area (Å²) in [7, 11) is 0. The van der Waals surface area contributed by atoms with E-state index in [9.17, 15) is 5.11 Å². The predicted molar refractivity (Wildman–Crippen MR) is 78.0 cm³/mol. The molecule has 20 heavy (non-hydrogen) atoms. The number of pyridine rings is 1. The van der Waals surface area contributed by atoms with Gasteiger partial charge in [-0.25, -0.2) is 4.98 Å². The maximum Gasteiger partial charge on any atom is 0.128 e. The predicted octanol–water partition coefficient (Wildman–Crippen LogP) is 1.81. The minimum atomic E-state index is -0.357. The zero-order valence-corrected chi connectivity index (χ0v) is 12.0. The summed E-state index contributed by atoms with van der Waals surface area (Å²) < 4.78 is 0. The van der Waals surface area contributed by atoms with Crippen molar-refractivity contribution in [1.29, 1.82) is 0 Å². The summed E-state index contributed by atoms with van der Waals surface area (Å²) in [5, 5.41) is 18.0. The Balaban J connectivity index is 1.68. The largest absolute Gasteiger partial charge is 0.391 e. The van der Waals surface area contributed by atoms with Crippen molar-refractivity contribution in [3.8, 4) is 0 Å². The topological polar surface area (TPSA) is 65.0 Å². The lowest BCUT2D eigenvalue weighted by molar-refractivity contribution is 0.148. The van der Waals surface area contributed by atoms with E-state index in [1.165, 1.54) is 0 Å². The molecule has 0 bridgehead atoms. The second-order valence-electron chi connectivity index (χ2n) is 5.31. The number of nitrogens with zero attached hydrogens (tertiary/aromatic N) is 3. The molecule has 1 saturated heterocycles. The number of aromatic nitrogens is 3. The molecule has 3 rings (SSSR count). The van der Waals surface area contributed by atoms with Crippen LogP contribution in [0, 0.1) is 12.8 Å². The standard InChI is InChI=1S/C14H17ClN4O/c1-9-4-12(18-17-9)5-10-7-19(8-13(10)20)14-3-2-11(15)6-16-14/h2-4,6,10,13,20H,5,7-8H2,1H3,(H,17,18)/t10-,13+/m1/s1. The number of β-amino-alcohol motifs (C(OH)–C–C–N with tert-alkyl or cyclic N) is 1. The van der Waals surface area contributed by atoms with Crippen molar-refractivity contribution in [1.82, 2.24) is 15.2 Å². The minimum absolute atomic E-state index is 0.176. The second kappa shape index (κ2) is 5.42. The number of halogens is 1. The van der Waals surface area contributed by atoms with Crippen LogP contribution in [0.5, 0.6) is 0 Å². The number of aliphatic hydroxyl groups is 1. The zero-order chi connectivity index (χ0) is 14.1. The van der Waals surface area contributed by atoms with Crippen LogP contribution in [0.4, 0.5) is 5.82 Å². The van der Waals surface area contributed by atoms with Crippen molar-refractivity contribution >= 4 is 17.4 Å². The molecule has 2 N–H and O–H groups in total. The van der Waals surface area contributed by atoms with Gasteiger partial charge in [0, 0.05) is 30.9 Å². The Morgan fingerprint density at radius 2 is 2.30 bits per heavy atom. The lowest BCUT2D eigenvalue weighted by atomic mass is 10.0. The summed E-state index contributed by atoms with van der Waals surface area (Å²) in [5.41, 5.74) is 2.04. The van der Waals surface area contributed by atoms with Gasteiger partial charge in [-0.3, -0.25) is 5.10 Å². The number of aromatic amines is 1. The molecule has 0 aromatic carbocycles. The van der Waals surface area contributed by atoms with E-state index in [4.69, 9.17) is 11.6 Å². The number of hydrogen-bond acceptors (Lipinski definition) is 4. The van der Waals surface area contributed by atoms with E-state index >= 15 is 0 Å². The van der Waals surface area contributed by atoms with Crippen molar-refractivity contribution in [2.75, 3.05) is 18.0 Å². The Bertz CT molecular complexity index is 583. The van der Waals surface area contributed by atoms with E-state index in [2.05, 4.69) is 20.1 Å². The lowest BCUT2D eigenvalue weighted by Gasteiger charge is -2.16. The highest BCUT2D eigenvalue weighted by Gasteiger charge is 2.32. The van der Waals surface area contributed by atoms with Crippen LogP contribution in [0.1, 0.15) is 11.4 Å². The molecule has 2 atom stereocenters. The molecule has 0 aliphatic carbocycles. The average Bonchev–Trinajstić information content (AvgIpc) is 2.98. The van der Waals surface area contributed by atoms with Crippen molar-refractivity contribution in [3.05, 3.63) is 40.8 Å². The molecular formula is C14H17ClN4O. The van der Waals surface area contributed by atoms with E-state index in [1.807, 2.05) is 25.1 Å². The van der Waals surface area contributed by atoms with Gasteiger partial charge in [-0.05, 0) is 31.5 Å². The first-order valence-corrected chi connectivity index (χ1v) is 7.05. The van der Waals surface area contributed by atoms with Gasteiger partial charge in [-0.2, -0.15) is 5.10 Å². The summed E-state index contributed by atoms with van der Waals surface area (Å²) in [4.78, 5) is 6.39. The van der Waals surface area contributed by atoms with Gasteiger partial charge in [0.15, 0.2) is 0 Å². The molecule has 3 heterocycles. The van der Waals surface area contributed by atoms with Gasteiger partial charge >= 0.3 is 0 Å². The lowest BCUT2D eigenvalue weighted by Crippen LogP contribution is -2.21. The van der Waals surface area contributed by atoms with Crippen LogP contribution >= 0.6 is 11.6 Å². The van der Waals surface area contributed by atoms with Crippen LogP contribution in [-0.4, -0.2) is 39.5 Å². The maximum atomic E-state index is 10.2. The summed E-state index contributed by atoms with van der Waals surface area (Å²) >= 11 is 5.84. The highest BCUT2D eigenvalue weighted by atomic mass is 35.5.